The van der Waals surface area contributed by atoms with Crippen molar-refractivity contribution in [2.24, 2.45) is 5.92 Å². The molecule has 2 saturated heterocycles. The zero-order valence-electron chi connectivity index (χ0n) is 23.0. The van der Waals surface area contributed by atoms with Crippen LogP contribution in [0, 0.1) is 5.92 Å². The summed E-state index contributed by atoms with van der Waals surface area (Å²) in [5.41, 5.74) is 1.98. The Morgan fingerprint density at radius 3 is 2.07 bits per heavy atom. The van der Waals surface area contributed by atoms with E-state index in [-0.39, 0.29) is 30.3 Å². The maximum absolute atomic E-state index is 13.3. The molecule has 1 aliphatic carbocycles. The van der Waals surface area contributed by atoms with E-state index in [9.17, 15) is 16.8 Å². The summed E-state index contributed by atoms with van der Waals surface area (Å²) in [6.07, 6.45) is 6.67. The molecule has 1 unspecified atom stereocenters. The summed E-state index contributed by atoms with van der Waals surface area (Å²) in [4.78, 5) is 2.27. The Kier molecular flexibility index (Phi) is 10.2. The minimum Gasteiger partial charge on any atom is -0.364 e. The van der Waals surface area contributed by atoms with Gasteiger partial charge in [-0.15, -0.1) is 0 Å². The van der Waals surface area contributed by atoms with Crippen LogP contribution in [0.5, 0.6) is 0 Å². The average Bonchev–Trinajstić information content (AvgIpc) is 2.97. The molecule has 7 nitrogen and oxygen atoms in total. The standard InChI is InChI=1S/C29H38Cl3N3O4S2/c30-22-7-10-24(11-8-22)35-20-21(6-13-29(35)27-12-9-23(31)18-28(27)32)19-33-40(36,37)25-14-16-34(17-15-25)41(38,39)26-4-2-1-3-5-26/h7-12,18,21,25-26,29,33H,1-6,13-17,19-20H2/t21-,29?/m0/s1. The molecule has 2 heterocycles. The number of hydrogen-bond donors (Lipinski definition) is 1. The van der Waals surface area contributed by atoms with Gasteiger partial charge in [0.05, 0.1) is 16.5 Å². The van der Waals surface area contributed by atoms with Gasteiger partial charge in [0.15, 0.2) is 0 Å². The van der Waals surface area contributed by atoms with Gasteiger partial charge in [-0.1, -0.05) is 60.1 Å². The molecule has 2 aromatic rings. The van der Waals surface area contributed by atoms with Gasteiger partial charge < -0.3 is 4.90 Å². The zero-order valence-corrected chi connectivity index (χ0v) is 26.9. The molecule has 0 bridgehead atoms. The summed E-state index contributed by atoms with van der Waals surface area (Å²) < 4.78 is 57.2. The van der Waals surface area contributed by atoms with Gasteiger partial charge in [0.1, 0.15) is 0 Å². The first kappa shape index (κ1) is 31.4. The van der Waals surface area contributed by atoms with Gasteiger partial charge in [-0.05, 0) is 86.4 Å². The molecule has 0 radical (unpaired) electrons. The van der Waals surface area contributed by atoms with Gasteiger partial charge in [0.2, 0.25) is 20.0 Å². The van der Waals surface area contributed by atoms with Crippen molar-refractivity contribution in [1.82, 2.24) is 9.03 Å². The normalized spacial score (nSPS) is 24.0. The number of piperidine rings is 2. The van der Waals surface area contributed by atoms with E-state index < -0.39 is 25.3 Å². The quantitative estimate of drug-likeness (QED) is 0.342. The molecule has 2 aromatic carbocycles. The lowest BCUT2D eigenvalue weighted by atomic mass is 9.88. The number of nitrogens with one attached hydrogen (secondary N) is 1. The molecule has 2 atom stereocenters. The number of hydrogen-bond acceptors (Lipinski definition) is 5. The third-order valence-corrected chi connectivity index (χ3v) is 14.0. The predicted molar refractivity (Wildman–Crippen MR) is 168 cm³/mol. The fourth-order valence-corrected chi connectivity index (χ4v) is 10.8. The monoisotopic (exact) mass is 661 g/mol. The summed E-state index contributed by atoms with van der Waals surface area (Å²) in [5.74, 6) is 0.0922. The first-order valence-electron chi connectivity index (χ1n) is 14.5. The molecule has 41 heavy (non-hydrogen) atoms. The van der Waals surface area contributed by atoms with Crippen molar-refractivity contribution in [3.63, 3.8) is 0 Å². The third kappa shape index (κ3) is 7.36. The number of benzene rings is 2. The fourth-order valence-electron chi connectivity index (χ4n) is 6.55. The highest BCUT2D eigenvalue weighted by Gasteiger charge is 2.39. The van der Waals surface area contributed by atoms with Crippen molar-refractivity contribution in [3.8, 4) is 0 Å². The van der Waals surface area contributed by atoms with Gasteiger partial charge >= 0.3 is 0 Å². The van der Waals surface area contributed by atoms with Crippen LogP contribution in [0.1, 0.15) is 69.4 Å². The molecule has 1 saturated carbocycles. The Bertz CT molecular complexity index is 1410. The van der Waals surface area contributed by atoms with Crippen molar-refractivity contribution in [2.75, 3.05) is 31.1 Å². The Balaban J connectivity index is 1.22. The van der Waals surface area contributed by atoms with E-state index >= 15 is 0 Å². The van der Waals surface area contributed by atoms with Gasteiger partial charge in [0.25, 0.3) is 0 Å². The lowest BCUT2D eigenvalue weighted by Gasteiger charge is -2.42. The second-order valence-electron chi connectivity index (χ2n) is 11.6. The van der Waals surface area contributed by atoms with E-state index in [0.717, 1.165) is 43.4 Å². The summed E-state index contributed by atoms with van der Waals surface area (Å²) in [6.45, 7) is 1.50. The van der Waals surface area contributed by atoms with E-state index in [0.29, 0.717) is 53.8 Å². The summed E-state index contributed by atoms with van der Waals surface area (Å²) in [5, 5.41) is 0.935. The largest absolute Gasteiger partial charge is 0.364 e. The van der Waals surface area contributed by atoms with Crippen LogP contribution in [0.2, 0.25) is 15.1 Å². The molecule has 3 aliphatic rings. The highest BCUT2D eigenvalue weighted by atomic mass is 35.5. The van der Waals surface area contributed by atoms with E-state index in [1.165, 1.54) is 4.31 Å². The fraction of sp³-hybridized carbons (Fsp3) is 0.586. The van der Waals surface area contributed by atoms with Crippen molar-refractivity contribution in [2.45, 2.75) is 74.3 Å². The Hall–Kier alpha value is -1.07. The molecular formula is C29H38Cl3N3O4S2. The molecule has 1 N–H and O–H groups in total. The Morgan fingerprint density at radius 2 is 1.41 bits per heavy atom. The maximum Gasteiger partial charge on any atom is 0.216 e. The number of halogens is 3. The van der Waals surface area contributed by atoms with E-state index in [1.807, 2.05) is 36.4 Å². The Labute approximate surface area is 259 Å². The van der Waals surface area contributed by atoms with Gasteiger partial charge in [0, 0.05) is 46.9 Å². The van der Waals surface area contributed by atoms with Crippen LogP contribution < -0.4 is 9.62 Å². The number of anilines is 1. The molecule has 0 aromatic heterocycles. The SMILES string of the molecule is O=S(=O)(NC[C@@H]1CCC(c2ccc(Cl)cc2Cl)N(c2ccc(Cl)cc2)C1)C1CCN(S(=O)(=O)C2CCCCC2)CC1. The van der Waals surface area contributed by atoms with Gasteiger partial charge in [-0.3, -0.25) is 0 Å². The lowest BCUT2D eigenvalue weighted by Crippen LogP contribution is -2.49. The molecule has 2 aliphatic heterocycles. The minimum atomic E-state index is -3.58. The van der Waals surface area contributed by atoms with Crippen LogP contribution in [-0.2, 0) is 20.0 Å². The zero-order chi connectivity index (χ0) is 29.2. The van der Waals surface area contributed by atoms with Gasteiger partial charge in [-0.2, -0.15) is 0 Å². The minimum absolute atomic E-state index is 0.0178. The second kappa shape index (κ2) is 13.3. The molecular weight excluding hydrogens is 625 g/mol. The van der Waals surface area contributed by atoms with Crippen LogP contribution >= 0.6 is 34.8 Å². The highest BCUT2D eigenvalue weighted by Crippen LogP contribution is 2.40. The molecule has 0 amide bonds. The first-order valence-corrected chi connectivity index (χ1v) is 18.7. The van der Waals surface area contributed by atoms with Gasteiger partial charge in [-0.25, -0.2) is 25.9 Å². The maximum atomic E-state index is 13.3. The van der Waals surface area contributed by atoms with Crippen LogP contribution in [0.15, 0.2) is 42.5 Å². The van der Waals surface area contributed by atoms with E-state index in [2.05, 4.69) is 9.62 Å². The smallest absolute Gasteiger partial charge is 0.216 e. The van der Waals surface area contributed by atoms with Crippen molar-refractivity contribution in [1.29, 1.82) is 0 Å². The topological polar surface area (TPSA) is 86.8 Å². The third-order valence-electron chi connectivity index (χ3n) is 8.91. The number of nitrogens with zero attached hydrogens (tertiary/aromatic N) is 2. The van der Waals surface area contributed by atoms with Crippen molar-refractivity contribution >= 4 is 60.5 Å². The van der Waals surface area contributed by atoms with Crippen molar-refractivity contribution in [3.05, 3.63) is 63.1 Å². The van der Waals surface area contributed by atoms with Crippen LogP contribution in [0.4, 0.5) is 5.69 Å². The van der Waals surface area contributed by atoms with Crippen LogP contribution in [0.25, 0.3) is 0 Å². The number of rotatable bonds is 8. The lowest BCUT2D eigenvalue weighted by molar-refractivity contribution is 0.331. The molecule has 3 fully saturated rings. The second-order valence-corrected chi connectivity index (χ2v) is 17.1. The van der Waals surface area contributed by atoms with E-state index in [1.54, 1.807) is 6.07 Å². The van der Waals surface area contributed by atoms with Crippen LogP contribution in [-0.4, -0.2) is 57.8 Å². The molecule has 226 valence electrons. The average molecular weight is 663 g/mol. The predicted octanol–water partition coefficient (Wildman–Crippen LogP) is 6.65. The summed E-state index contributed by atoms with van der Waals surface area (Å²) in [6, 6.07) is 13.2. The molecule has 0 spiro atoms. The molecule has 12 heteroatoms. The molecule has 5 rings (SSSR count). The van der Waals surface area contributed by atoms with Crippen molar-refractivity contribution < 1.29 is 16.8 Å². The Morgan fingerprint density at radius 1 is 0.756 bits per heavy atom. The summed E-state index contributed by atoms with van der Waals surface area (Å²) >= 11 is 18.9. The number of sulfonamides is 2. The highest BCUT2D eigenvalue weighted by molar-refractivity contribution is 7.90. The van der Waals surface area contributed by atoms with E-state index in [4.69, 9.17) is 34.8 Å². The first-order chi connectivity index (χ1) is 19.5. The van der Waals surface area contributed by atoms with Crippen LogP contribution in [0.3, 0.4) is 0 Å². The summed E-state index contributed by atoms with van der Waals surface area (Å²) in [7, 11) is -6.95.